The lowest BCUT2D eigenvalue weighted by atomic mass is 9.99. The van der Waals surface area contributed by atoms with Crippen molar-refractivity contribution in [2.45, 2.75) is 31.8 Å². The number of amides is 1. The fourth-order valence-electron chi connectivity index (χ4n) is 3.20. The Morgan fingerprint density at radius 1 is 1.31 bits per heavy atom. The van der Waals surface area contributed by atoms with Crippen molar-refractivity contribution in [1.82, 2.24) is 15.2 Å². The van der Waals surface area contributed by atoms with E-state index >= 15 is 0 Å². The lowest BCUT2D eigenvalue weighted by molar-refractivity contribution is -0.123. The van der Waals surface area contributed by atoms with E-state index in [-0.39, 0.29) is 24.3 Å². The Morgan fingerprint density at radius 3 is 2.96 bits per heavy atom. The molecule has 1 fully saturated rings. The molecule has 2 aromatic heterocycles. The first-order valence-electron chi connectivity index (χ1n) is 8.76. The fourth-order valence-corrected chi connectivity index (χ4v) is 3.20. The Kier molecular flexibility index (Phi) is 6.01. The Bertz CT molecular complexity index is 744. The van der Waals surface area contributed by atoms with Crippen molar-refractivity contribution in [3.63, 3.8) is 0 Å². The van der Waals surface area contributed by atoms with Crippen molar-refractivity contribution in [3.8, 4) is 0 Å². The summed E-state index contributed by atoms with van der Waals surface area (Å²) in [5, 5.41) is 2.84. The van der Waals surface area contributed by atoms with Gasteiger partial charge < -0.3 is 14.5 Å². The molecule has 26 heavy (non-hydrogen) atoms. The van der Waals surface area contributed by atoms with Gasteiger partial charge in [0.1, 0.15) is 5.76 Å². The Morgan fingerprint density at radius 2 is 2.19 bits per heavy atom. The summed E-state index contributed by atoms with van der Waals surface area (Å²) in [6, 6.07) is 9.25. The number of nitrogens with zero attached hydrogens (tertiary/aromatic N) is 2. The molecular weight excluding hydrogens is 334 g/mol. The average molecular weight is 357 g/mol. The van der Waals surface area contributed by atoms with Crippen LogP contribution in [0.2, 0.25) is 0 Å². The SMILES string of the molecule is COC(=O)c1ccc(CNC(=O)CN2CCCC[C@H]2c2ccccn2)o1. The van der Waals surface area contributed by atoms with Crippen LogP contribution in [0, 0.1) is 0 Å². The summed E-state index contributed by atoms with van der Waals surface area (Å²) in [5.41, 5.74) is 1.01. The van der Waals surface area contributed by atoms with Gasteiger partial charge in [0.15, 0.2) is 0 Å². The number of furan rings is 1. The van der Waals surface area contributed by atoms with Gasteiger partial charge >= 0.3 is 5.97 Å². The first kappa shape index (κ1) is 18.1. The van der Waals surface area contributed by atoms with Crippen LogP contribution < -0.4 is 5.32 Å². The van der Waals surface area contributed by atoms with Crippen molar-refractivity contribution < 1.29 is 18.7 Å². The van der Waals surface area contributed by atoms with Gasteiger partial charge in [-0.1, -0.05) is 12.5 Å². The zero-order valence-electron chi connectivity index (χ0n) is 14.8. The molecule has 1 atom stereocenters. The van der Waals surface area contributed by atoms with Crippen LogP contribution in [0.5, 0.6) is 0 Å². The molecule has 1 aliphatic rings. The van der Waals surface area contributed by atoms with E-state index in [0.29, 0.717) is 12.3 Å². The number of esters is 1. The second-order valence-corrected chi connectivity index (χ2v) is 6.27. The topological polar surface area (TPSA) is 84.7 Å². The van der Waals surface area contributed by atoms with E-state index in [0.717, 1.165) is 31.5 Å². The number of methoxy groups -OCH3 is 1. The van der Waals surface area contributed by atoms with E-state index < -0.39 is 5.97 Å². The minimum absolute atomic E-state index is 0.0798. The second kappa shape index (κ2) is 8.62. The number of pyridine rings is 1. The molecule has 1 saturated heterocycles. The monoisotopic (exact) mass is 357 g/mol. The van der Waals surface area contributed by atoms with Crippen molar-refractivity contribution in [1.29, 1.82) is 0 Å². The molecule has 3 heterocycles. The highest BCUT2D eigenvalue weighted by Gasteiger charge is 2.26. The number of rotatable bonds is 6. The molecule has 0 unspecified atom stereocenters. The van der Waals surface area contributed by atoms with Gasteiger partial charge in [-0.3, -0.25) is 14.7 Å². The normalized spacial score (nSPS) is 17.7. The van der Waals surface area contributed by atoms with Gasteiger partial charge in [-0.15, -0.1) is 0 Å². The number of ether oxygens (including phenoxy) is 1. The molecule has 0 saturated carbocycles. The highest BCUT2D eigenvalue weighted by atomic mass is 16.5. The summed E-state index contributed by atoms with van der Waals surface area (Å²) in [6.07, 6.45) is 5.02. The number of aromatic nitrogens is 1. The highest BCUT2D eigenvalue weighted by molar-refractivity contribution is 5.86. The first-order chi connectivity index (χ1) is 12.7. The van der Waals surface area contributed by atoms with Crippen molar-refractivity contribution in [3.05, 3.63) is 53.7 Å². The van der Waals surface area contributed by atoms with Crippen LogP contribution in [0.1, 0.15) is 47.3 Å². The third-order valence-corrected chi connectivity index (χ3v) is 4.50. The van der Waals surface area contributed by atoms with Crippen LogP contribution in [0.15, 0.2) is 40.9 Å². The number of nitrogens with one attached hydrogen (secondary N) is 1. The average Bonchev–Trinajstić information content (AvgIpc) is 3.16. The van der Waals surface area contributed by atoms with Gasteiger partial charge in [-0.05, 0) is 43.7 Å². The van der Waals surface area contributed by atoms with E-state index in [1.165, 1.54) is 13.2 Å². The van der Waals surface area contributed by atoms with Crippen LogP contribution in [0.25, 0.3) is 0 Å². The quantitative estimate of drug-likeness (QED) is 0.799. The van der Waals surface area contributed by atoms with Crippen molar-refractivity contribution >= 4 is 11.9 Å². The number of hydrogen-bond donors (Lipinski definition) is 1. The van der Waals surface area contributed by atoms with Gasteiger partial charge in [0, 0.05) is 6.20 Å². The summed E-state index contributed by atoms with van der Waals surface area (Å²) in [6.45, 7) is 1.42. The number of carbonyl (C=O) groups excluding carboxylic acids is 2. The van der Waals surface area contributed by atoms with Crippen LogP contribution in [0.3, 0.4) is 0 Å². The van der Waals surface area contributed by atoms with Gasteiger partial charge in [-0.25, -0.2) is 4.79 Å². The van der Waals surface area contributed by atoms with E-state index in [2.05, 4.69) is 19.9 Å². The number of carbonyl (C=O) groups is 2. The van der Waals surface area contributed by atoms with Gasteiger partial charge in [0.05, 0.1) is 31.9 Å². The smallest absolute Gasteiger partial charge is 0.373 e. The van der Waals surface area contributed by atoms with Gasteiger partial charge in [0.2, 0.25) is 11.7 Å². The molecule has 1 aliphatic heterocycles. The molecule has 0 aliphatic carbocycles. The molecule has 7 nitrogen and oxygen atoms in total. The minimum Gasteiger partial charge on any atom is -0.463 e. The van der Waals surface area contributed by atoms with Gasteiger partial charge in [0.25, 0.3) is 0 Å². The molecule has 0 aromatic carbocycles. The van der Waals surface area contributed by atoms with Crippen LogP contribution in [-0.4, -0.2) is 42.0 Å². The largest absolute Gasteiger partial charge is 0.463 e. The molecule has 1 N–H and O–H groups in total. The molecule has 7 heteroatoms. The molecular formula is C19H23N3O4. The predicted octanol–water partition coefficient (Wildman–Crippen LogP) is 2.30. The van der Waals surface area contributed by atoms with Gasteiger partial charge in [-0.2, -0.15) is 0 Å². The third kappa shape index (κ3) is 4.49. The predicted molar refractivity (Wildman–Crippen MR) is 94.3 cm³/mol. The lowest BCUT2D eigenvalue weighted by Gasteiger charge is -2.34. The zero-order valence-corrected chi connectivity index (χ0v) is 14.8. The van der Waals surface area contributed by atoms with Crippen LogP contribution >= 0.6 is 0 Å². The Balaban J connectivity index is 1.55. The van der Waals surface area contributed by atoms with Crippen LogP contribution in [-0.2, 0) is 16.1 Å². The second-order valence-electron chi connectivity index (χ2n) is 6.27. The third-order valence-electron chi connectivity index (χ3n) is 4.50. The number of piperidine rings is 1. The zero-order chi connectivity index (χ0) is 18.4. The highest BCUT2D eigenvalue weighted by Crippen LogP contribution is 2.29. The van der Waals surface area contributed by atoms with E-state index in [9.17, 15) is 9.59 Å². The fraction of sp³-hybridized carbons (Fsp3) is 0.421. The summed E-state index contributed by atoms with van der Waals surface area (Å²) in [4.78, 5) is 30.4. The minimum atomic E-state index is -0.533. The van der Waals surface area contributed by atoms with E-state index in [1.54, 1.807) is 12.3 Å². The lowest BCUT2D eigenvalue weighted by Crippen LogP contribution is -2.41. The van der Waals surface area contributed by atoms with Crippen molar-refractivity contribution in [2.24, 2.45) is 0 Å². The van der Waals surface area contributed by atoms with Crippen molar-refractivity contribution in [2.75, 3.05) is 20.2 Å². The Labute approximate surface area is 152 Å². The standard InChI is InChI=1S/C19H23N3O4/c1-25-19(24)17-9-8-14(26-17)12-21-18(23)13-22-11-5-3-7-16(22)15-6-2-4-10-20-15/h2,4,6,8-10,16H,3,5,7,11-13H2,1H3,(H,21,23)/t16-/m0/s1. The van der Waals surface area contributed by atoms with Crippen LogP contribution in [0.4, 0.5) is 0 Å². The maximum absolute atomic E-state index is 12.4. The van der Waals surface area contributed by atoms with E-state index in [1.807, 2.05) is 18.2 Å². The molecule has 138 valence electrons. The molecule has 3 rings (SSSR count). The summed E-state index contributed by atoms with van der Waals surface area (Å²) < 4.78 is 9.95. The Hall–Kier alpha value is -2.67. The molecule has 0 radical (unpaired) electrons. The number of likely N-dealkylation sites (tertiary alicyclic amines) is 1. The summed E-state index contributed by atoms with van der Waals surface area (Å²) in [5.74, 6) is 0.0274. The molecule has 0 spiro atoms. The number of hydrogen-bond acceptors (Lipinski definition) is 6. The molecule has 1 amide bonds. The maximum atomic E-state index is 12.4. The molecule has 0 bridgehead atoms. The first-order valence-corrected chi connectivity index (χ1v) is 8.76. The van der Waals surface area contributed by atoms with E-state index in [4.69, 9.17) is 4.42 Å². The summed E-state index contributed by atoms with van der Waals surface area (Å²) in [7, 11) is 1.29. The summed E-state index contributed by atoms with van der Waals surface area (Å²) >= 11 is 0. The molecule has 2 aromatic rings. The maximum Gasteiger partial charge on any atom is 0.373 e.